The predicted octanol–water partition coefficient (Wildman–Crippen LogP) is 5.84. The predicted molar refractivity (Wildman–Crippen MR) is 158 cm³/mol. The zero-order valence-electron chi connectivity index (χ0n) is 22.0. The molecule has 0 unspecified atom stereocenters. The van der Waals surface area contributed by atoms with Gasteiger partial charge in [-0.3, -0.25) is 4.79 Å². The van der Waals surface area contributed by atoms with Gasteiger partial charge in [-0.05, 0) is 78.1 Å². The molecule has 0 fully saturated rings. The van der Waals surface area contributed by atoms with Crippen molar-refractivity contribution in [2.45, 2.75) is 31.6 Å². The number of phenolic OH excluding ortho intramolecular Hbond substituents is 1. The Morgan fingerprint density at radius 1 is 0.923 bits per heavy atom. The zero-order valence-corrected chi connectivity index (χ0v) is 22.8. The molecule has 0 atom stereocenters. The Morgan fingerprint density at radius 3 is 2.23 bits per heavy atom. The molecule has 0 saturated heterocycles. The third kappa shape index (κ3) is 8.04. The van der Waals surface area contributed by atoms with Gasteiger partial charge in [-0.1, -0.05) is 68.5 Å². The van der Waals surface area contributed by atoms with Gasteiger partial charge in [0.05, 0.1) is 4.90 Å². The van der Waals surface area contributed by atoms with Gasteiger partial charge in [0, 0.05) is 22.5 Å². The van der Waals surface area contributed by atoms with Crippen LogP contribution in [0.25, 0.3) is 16.8 Å². The van der Waals surface area contributed by atoms with Crippen molar-refractivity contribution < 1.29 is 18.3 Å². The molecule has 8 heteroatoms. The lowest BCUT2D eigenvalue weighted by Gasteiger charge is -2.10. The first kappa shape index (κ1) is 29.2. The smallest absolute Gasteiger partial charge is 0.255 e. The second kappa shape index (κ2) is 12.9. The third-order valence-corrected chi connectivity index (χ3v) is 6.92. The number of hydrogen-bond donors (Lipinski definition) is 4. The standard InChI is InChI=1S/C20H18N2O4S.C11H15N/c1-13-12-16(23)10-11-18(13)22-20(24)15-8-6-14(7-9-15)17-4-2-3-5-19(17)27(21,25)26;1-3-5-10-6-4-7-11(8-10)9(2)12/h2-12,23H,1H3,(H,22,24)(H2,21,25,26);4,6-8H,2-3,5,12H2,1H3. The summed E-state index contributed by atoms with van der Waals surface area (Å²) in [6, 6.07) is 25.9. The number of carbonyl (C=O) groups excluding carboxylic acids is 1. The number of amides is 1. The summed E-state index contributed by atoms with van der Waals surface area (Å²) in [5.41, 5.74) is 11.5. The molecule has 4 rings (SSSR count). The largest absolute Gasteiger partial charge is 0.508 e. The first-order valence-corrected chi connectivity index (χ1v) is 13.9. The van der Waals surface area contributed by atoms with Crippen LogP contribution >= 0.6 is 0 Å². The van der Waals surface area contributed by atoms with E-state index in [1.807, 2.05) is 12.1 Å². The Balaban J connectivity index is 0.000000293. The second-order valence-corrected chi connectivity index (χ2v) is 10.6. The monoisotopic (exact) mass is 543 g/mol. The molecule has 0 bridgehead atoms. The van der Waals surface area contributed by atoms with Crippen LogP contribution in [0.4, 0.5) is 5.69 Å². The van der Waals surface area contributed by atoms with E-state index in [1.54, 1.807) is 61.5 Å². The van der Waals surface area contributed by atoms with E-state index in [2.05, 4.69) is 31.0 Å². The van der Waals surface area contributed by atoms with E-state index in [0.29, 0.717) is 28.1 Å². The number of anilines is 1. The number of nitrogens with one attached hydrogen (secondary N) is 1. The number of aromatic hydroxyl groups is 1. The Morgan fingerprint density at radius 2 is 1.62 bits per heavy atom. The Kier molecular flexibility index (Phi) is 9.65. The molecule has 0 aromatic heterocycles. The van der Waals surface area contributed by atoms with Gasteiger partial charge in [0.1, 0.15) is 5.75 Å². The summed E-state index contributed by atoms with van der Waals surface area (Å²) < 4.78 is 23.5. The number of phenols is 1. The van der Waals surface area contributed by atoms with E-state index in [9.17, 15) is 18.3 Å². The van der Waals surface area contributed by atoms with Crippen molar-refractivity contribution in [3.63, 3.8) is 0 Å². The molecule has 202 valence electrons. The minimum absolute atomic E-state index is 0.0296. The van der Waals surface area contributed by atoms with Crippen molar-refractivity contribution in [3.8, 4) is 16.9 Å². The zero-order chi connectivity index (χ0) is 28.6. The molecule has 1 amide bonds. The van der Waals surface area contributed by atoms with Crippen LogP contribution in [0.5, 0.6) is 5.75 Å². The minimum atomic E-state index is -3.86. The van der Waals surface area contributed by atoms with Crippen molar-refractivity contribution >= 4 is 27.3 Å². The number of nitrogens with two attached hydrogens (primary N) is 2. The molecule has 0 saturated carbocycles. The molecule has 0 radical (unpaired) electrons. The Hall–Kier alpha value is -4.40. The van der Waals surface area contributed by atoms with Gasteiger partial charge in [-0.15, -0.1) is 0 Å². The average molecular weight is 544 g/mol. The average Bonchev–Trinajstić information content (AvgIpc) is 2.90. The molecular weight excluding hydrogens is 510 g/mol. The van der Waals surface area contributed by atoms with Crippen LogP contribution < -0.4 is 16.2 Å². The van der Waals surface area contributed by atoms with E-state index in [4.69, 9.17) is 10.9 Å². The number of aryl methyl sites for hydroxylation is 2. The minimum Gasteiger partial charge on any atom is -0.508 e. The molecule has 0 aliphatic carbocycles. The third-order valence-electron chi connectivity index (χ3n) is 5.95. The van der Waals surface area contributed by atoms with Crippen molar-refractivity contribution in [2.24, 2.45) is 10.9 Å². The maximum Gasteiger partial charge on any atom is 0.255 e. The summed E-state index contributed by atoms with van der Waals surface area (Å²) in [4.78, 5) is 12.5. The maximum absolute atomic E-state index is 12.4. The molecule has 6 N–H and O–H groups in total. The van der Waals surface area contributed by atoms with E-state index < -0.39 is 10.0 Å². The Bertz CT molecular complexity index is 1580. The Labute approximate surface area is 229 Å². The van der Waals surface area contributed by atoms with Crippen LogP contribution in [-0.4, -0.2) is 19.4 Å². The normalized spacial score (nSPS) is 10.7. The highest BCUT2D eigenvalue weighted by Gasteiger charge is 2.15. The van der Waals surface area contributed by atoms with E-state index >= 15 is 0 Å². The van der Waals surface area contributed by atoms with Crippen LogP contribution in [0.15, 0.2) is 102 Å². The second-order valence-electron chi connectivity index (χ2n) is 9.05. The number of hydrogen-bond acceptors (Lipinski definition) is 5. The van der Waals surface area contributed by atoms with E-state index in [-0.39, 0.29) is 16.6 Å². The van der Waals surface area contributed by atoms with Crippen LogP contribution in [0, 0.1) is 6.92 Å². The summed E-state index contributed by atoms with van der Waals surface area (Å²) in [5.74, 6) is -0.182. The summed E-state index contributed by atoms with van der Waals surface area (Å²) >= 11 is 0. The van der Waals surface area contributed by atoms with Gasteiger partial charge < -0.3 is 16.2 Å². The molecular formula is C31H33N3O4S. The molecule has 4 aromatic carbocycles. The highest BCUT2D eigenvalue weighted by atomic mass is 32.2. The highest BCUT2D eigenvalue weighted by Crippen LogP contribution is 2.27. The quantitative estimate of drug-likeness (QED) is 0.217. The lowest BCUT2D eigenvalue weighted by Crippen LogP contribution is -2.13. The summed E-state index contributed by atoms with van der Waals surface area (Å²) in [6.07, 6.45) is 2.28. The summed E-state index contributed by atoms with van der Waals surface area (Å²) in [7, 11) is -3.86. The molecule has 0 aliphatic rings. The number of sulfonamides is 1. The van der Waals surface area contributed by atoms with E-state index in [0.717, 1.165) is 17.5 Å². The molecule has 0 spiro atoms. The fourth-order valence-corrected chi connectivity index (χ4v) is 4.71. The van der Waals surface area contributed by atoms with Crippen molar-refractivity contribution in [3.05, 3.63) is 120 Å². The topological polar surface area (TPSA) is 136 Å². The first-order valence-electron chi connectivity index (χ1n) is 12.4. The first-order chi connectivity index (χ1) is 18.5. The number of benzene rings is 4. The summed E-state index contributed by atoms with van der Waals surface area (Å²) in [6.45, 7) is 7.66. The lowest BCUT2D eigenvalue weighted by atomic mass is 10.0. The SMILES string of the molecule is C=C(N)c1cccc(CCC)c1.Cc1cc(O)ccc1NC(=O)c1ccc(-c2ccccc2S(N)(=O)=O)cc1. The van der Waals surface area contributed by atoms with Crippen LogP contribution in [0.2, 0.25) is 0 Å². The van der Waals surface area contributed by atoms with Crippen LogP contribution in [0.3, 0.4) is 0 Å². The van der Waals surface area contributed by atoms with Crippen molar-refractivity contribution in [1.29, 1.82) is 0 Å². The fraction of sp³-hybridized carbons (Fsp3) is 0.129. The molecule has 7 nitrogen and oxygen atoms in total. The number of carbonyl (C=O) groups is 1. The molecule has 39 heavy (non-hydrogen) atoms. The number of rotatable bonds is 7. The molecule has 0 aliphatic heterocycles. The fourth-order valence-electron chi connectivity index (χ4n) is 3.95. The van der Waals surface area contributed by atoms with Gasteiger partial charge in [0.2, 0.25) is 10.0 Å². The van der Waals surface area contributed by atoms with Crippen molar-refractivity contribution in [2.75, 3.05) is 5.32 Å². The van der Waals surface area contributed by atoms with Gasteiger partial charge in [0.15, 0.2) is 0 Å². The lowest BCUT2D eigenvalue weighted by molar-refractivity contribution is 0.102. The summed E-state index contributed by atoms with van der Waals surface area (Å²) in [5, 5.41) is 17.5. The van der Waals surface area contributed by atoms with Gasteiger partial charge in [-0.25, -0.2) is 13.6 Å². The maximum atomic E-state index is 12.4. The van der Waals surface area contributed by atoms with Crippen molar-refractivity contribution in [1.82, 2.24) is 0 Å². The van der Waals surface area contributed by atoms with Gasteiger partial charge in [0.25, 0.3) is 5.91 Å². The highest BCUT2D eigenvalue weighted by molar-refractivity contribution is 7.89. The van der Waals surface area contributed by atoms with E-state index in [1.165, 1.54) is 24.1 Å². The van der Waals surface area contributed by atoms with Crippen LogP contribution in [0.1, 0.15) is 40.4 Å². The number of primary sulfonamides is 1. The van der Waals surface area contributed by atoms with Gasteiger partial charge in [-0.2, -0.15) is 0 Å². The molecule has 4 aromatic rings. The van der Waals surface area contributed by atoms with Crippen LogP contribution in [-0.2, 0) is 16.4 Å². The van der Waals surface area contributed by atoms with Gasteiger partial charge >= 0.3 is 0 Å². The molecule has 0 heterocycles.